The van der Waals surface area contributed by atoms with Gasteiger partial charge in [-0.15, -0.1) is 28.1 Å². The topological polar surface area (TPSA) is 39.9 Å². The van der Waals surface area contributed by atoms with Crippen LogP contribution in [0.15, 0.2) is 47.5 Å². The van der Waals surface area contributed by atoms with E-state index in [1.165, 1.54) is 40.8 Å². The van der Waals surface area contributed by atoms with Gasteiger partial charge in [0.1, 0.15) is 5.75 Å². The third-order valence-corrected chi connectivity index (χ3v) is 6.96. The predicted molar refractivity (Wildman–Crippen MR) is 113 cm³/mol. The smallest absolute Gasteiger partial charge is 0.192 e. The second-order valence-corrected chi connectivity index (χ2v) is 8.51. The van der Waals surface area contributed by atoms with Crippen LogP contribution in [-0.4, -0.2) is 21.9 Å². The minimum absolute atomic E-state index is 0.716. The minimum Gasteiger partial charge on any atom is -0.497 e. The predicted octanol–water partition coefficient (Wildman–Crippen LogP) is 5.37. The molecule has 0 N–H and O–H groups in total. The number of nitrogens with zero attached hydrogens (tertiary/aromatic N) is 3. The molecule has 0 spiro atoms. The van der Waals surface area contributed by atoms with Crippen LogP contribution in [0.1, 0.15) is 28.8 Å². The van der Waals surface area contributed by atoms with E-state index in [9.17, 15) is 0 Å². The normalized spacial score (nSPS) is 13.4. The molecule has 0 saturated heterocycles. The highest BCUT2D eigenvalue weighted by Gasteiger charge is 2.21. The fraction of sp³-hybridized carbons (Fsp3) is 0.333. The zero-order chi connectivity index (χ0) is 18.6. The lowest BCUT2D eigenvalue weighted by atomic mass is 9.95. The molecule has 140 valence electrons. The van der Waals surface area contributed by atoms with E-state index < -0.39 is 0 Å². The first-order valence-corrected chi connectivity index (χ1v) is 11.1. The van der Waals surface area contributed by atoms with Gasteiger partial charge in [-0.3, -0.25) is 4.57 Å². The van der Waals surface area contributed by atoms with E-state index in [1.54, 1.807) is 18.9 Å². The quantitative estimate of drug-likeness (QED) is 0.397. The standard InChI is InChI=1S/C21H23N3OS2/c1-3-11-24-20(18-14-26-19-10-5-4-9-17(18)19)22-23-21(24)27-13-15-7-6-8-16(12-15)25-2/h3,6-8,12,14H,1,4-5,9-11,13H2,2H3. The third kappa shape index (κ3) is 3.82. The second kappa shape index (κ2) is 8.31. The molecule has 2 heterocycles. The second-order valence-electron chi connectivity index (χ2n) is 6.60. The molecular formula is C21H23N3OS2. The van der Waals surface area contributed by atoms with Crippen LogP contribution in [0.3, 0.4) is 0 Å². The summed E-state index contributed by atoms with van der Waals surface area (Å²) in [5.74, 6) is 2.68. The molecule has 1 aliphatic carbocycles. The van der Waals surface area contributed by atoms with E-state index in [1.807, 2.05) is 29.5 Å². The van der Waals surface area contributed by atoms with E-state index in [-0.39, 0.29) is 0 Å². The zero-order valence-electron chi connectivity index (χ0n) is 15.5. The number of hydrogen-bond donors (Lipinski definition) is 0. The molecule has 0 atom stereocenters. The molecule has 0 fully saturated rings. The molecule has 0 aliphatic heterocycles. The first-order chi connectivity index (χ1) is 13.3. The van der Waals surface area contributed by atoms with Crippen LogP contribution in [0.25, 0.3) is 11.4 Å². The summed E-state index contributed by atoms with van der Waals surface area (Å²) in [6, 6.07) is 8.16. The summed E-state index contributed by atoms with van der Waals surface area (Å²) in [7, 11) is 1.70. The van der Waals surface area contributed by atoms with Crippen molar-refractivity contribution in [1.82, 2.24) is 14.8 Å². The summed E-state index contributed by atoms with van der Waals surface area (Å²) >= 11 is 3.57. The Morgan fingerprint density at radius 3 is 3.04 bits per heavy atom. The van der Waals surface area contributed by atoms with Crippen LogP contribution in [-0.2, 0) is 25.1 Å². The number of rotatable bonds is 7. The monoisotopic (exact) mass is 397 g/mol. The van der Waals surface area contributed by atoms with Gasteiger partial charge in [0, 0.05) is 28.1 Å². The van der Waals surface area contributed by atoms with Gasteiger partial charge in [-0.2, -0.15) is 0 Å². The van der Waals surface area contributed by atoms with Gasteiger partial charge in [-0.25, -0.2) is 0 Å². The number of fused-ring (bicyclic) bond motifs is 1. The first-order valence-electron chi connectivity index (χ1n) is 9.19. The van der Waals surface area contributed by atoms with E-state index in [0.717, 1.165) is 28.9 Å². The van der Waals surface area contributed by atoms with E-state index in [0.29, 0.717) is 6.54 Å². The molecule has 0 radical (unpaired) electrons. The van der Waals surface area contributed by atoms with Crippen molar-refractivity contribution in [2.45, 2.75) is 43.1 Å². The fourth-order valence-electron chi connectivity index (χ4n) is 3.48. The maximum absolute atomic E-state index is 5.32. The number of benzene rings is 1. The molecular weight excluding hydrogens is 374 g/mol. The molecule has 0 saturated carbocycles. The molecule has 27 heavy (non-hydrogen) atoms. The van der Waals surface area contributed by atoms with Crippen molar-refractivity contribution in [3.63, 3.8) is 0 Å². The van der Waals surface area contributed by atoms with Gasteiger partial charge in [0.25, 0.3) is 0 Å². The van der Waals surface area contributed by atoms with Crippen LogP contribution in [0.5, 0.6) is 5.75 Å². The summed E-state index contributed by atoms with van der Waals surface area (Å²) < 4.78 is 7.51. The molecule has 2 aromatic heterocycles. The van der Waals surface area contributed by atoms with Crippen molar-refractivity contribution in [3.8, 4) is 17.1 Å². The lowest BCUT2D eigenvalue weighted by Gasteiger charge is -2.13. The van der Waals surface area contributed by atoms with Crippen LogP contribution >= 0.6 is 23.1 Å². The van der Waals surface area contributed by atoms with Gasteiger partial charge in [-0.05, 0) is 48.9 Å². The van der Waals surface area contributed by atoms with Crippen molar-refractivity contribution in [1.29, 1.82) is 0 Å². The molecule has 1 aromatic carbocycles. The number of aryl methyl sites for hydroxylation is 1. The highest BCUT2D eigenvalue weighted by atomic mass is 32.2. The lowest BCUT2D eigenvalue weighted by Crippen LogP contribution is -2.04. The van der Waals surface area contributed by atoms with Crippen molar-refractivity contribution in [3.05, 3.63) is 58.3 Å². The summed E-state index contributed by atoms with van der Waals surface area (Å²) in [5.41, 5.74) is 3.95. The SMILES string of the molecule is C=CCn1c(SCc2cccc(OC)c2)nnc1-c1csc2c1CCCC2. The average Bonchev–Trinajstić information content (AvgIpc) is 3.31. The Hall–Kier alpha value is -2.05. The summed E-state index contributed by atoms with van der Waals surface area (Å²) in [5, 5.41) is 12.3. The summed E-state index contributed by atoms with van der Waals surface area (Å²) in [4.78, 5) is 1.52. The van der Waals surface area contributed by atoms with Crippen molar-refractivity contribution in [2.24, 2.45) is 0 Å². The molecule has 3 aromatic rings. The Kier molecular flexibility index (Phi) is 5.64. The molecule has 0 unspecified atom stereocenters. The van der Waals surface area contributed by atoms with Gasteiger partial charge in [0.15, 0.2) is 11.0 Å². The number of ether oxygens (including phenoxy) is 1. The van der Waals surface area contributed by atoms with Crippen molar-refractivity contribution < 1.29 is 4.74 Å². The molecule has 0 amide bonds. The fourth-order valence-corrected chi connectivity index (χ4v) is 5.49. The third-order valence-electron chi connectivity index (χ3n) is 4.83. The maximum Gasteiger partial charge on any atom is 0.192 e. The van der Waals surface area contributed by atoms with E-state index >= 15 is 0 Å². The van der Waals surface area contributed by atoms with Crippen LogP contribution in [0.4, 0.5) is 0 Å². The highest BCUT2D eigenvalue weighted by molar-refractivity contribution is 7.98. The highest BCUT2D eigenvalue weighted by Crippen LogP contribution is 2.37. The van der Waals surface area contributed by atoms with Crippen LogP contribution < -0.4 is 4.74 Å². The minimum atomic E-state index is 0.716. The van der Waals surface area contributed by atoms with E-state index in [4.69, 9.17) is 4.74 Å². The molecule has 1 aliphatic rings. The van der Waals surface area contributed by atoms with Gasteiger partial charge < -0.3 is 4.74 Å². The largest absolute Gasteiger partial charge is 0.497 e. The zero-order valence-corrected chi connectivity index (χ0v) is 17.1. The Morgan fingerprint density at radius 2 is 2.19 bits per heavy atom. The summed E-state index contributed by atoms with van der Waals surface area (Å²) in [6.45, 7) is 4.64. The van der Waals surface area contributed by atoms with Gasteiger partial charge in [0.05, 0.1) is 7.11 Å². The van der Waals surface area contributed by atoms with E-state index in [2.05, 4.69) is 38.9 Å². The summed E-state index contributed by atoms with van der Waals surface area (Å²) in [6.07, 6.45) is 6.84. The number of aromatic nitrogens is 3. The number of methoxy groups -OCH3 is 1. The Morgan fingerprint density at radius 1 is 1.30 bits per heavy atom. The Balaban J connectivity index is 1.61. The number of thioether (sulfide) groups is 1. The number of hydrogen-bond acceptors (Lipinski definition) is 5. The van der Waals surface area contributed by atoms with Crippen LogP contribution in [0, 0.1) is 0 Å². The molecule has 4 nitrogen and oxygen atoms in total. The van der Waals surface area contributed by atoms with Gasteiger partial charge in [-0.1, -0.05) is 30.0 Å². The average molecular weight is 398 g/mol. The van der Waals surface area contributed by atoms with Gasteiger partial charge in [0.2, 0.25) is 0 Å². The lowest BCUT2D eigenvalue weighted by molar-refractivity contribution is 0.414. The molecule has 4 rings (SSSR count). The molecule has 6 heteroatoms. The Bertz CT molecular complexity index is 945. The Labute approximate surface area is 168 Å². The van der Waals surface area contributed by atoms with Gasteiger partial charge >= 0.3 is 0 Å². The molecule has 0 bridgehead atoms. The number of allylic oxidation sites excluding steroid dienone is 1. The van der Waals surface area contributed by atoms with Crippen molar-refractivity contribution in [2.75, 3.05) is 7.11 Å². The maximum atomic E-state index is 5.32. The van der Waals surface area contributed by atoms with Crippen LogP contribution in [0.2, 0.25) is 0 Å². The number of thiophene rings is 1. The first kappa shape index (κ1) is 18.3. The van der Waals surface area contributed by atoms with Crippen molar-refractivity contribution >= 4 is 23.1 Å².